The van der Waals surface area contributed by atoms with Crippen LogP contribution in [0.4, 0.5) is 0 Å². The lowest BCUT2D eigenvalue weighted by molar-refractivity contribution is 0.0916. The van der Waals surface area contributed by atoms with Crippen LogP contribution in [0.1, 0.15) is 46.6 Å². The van der Waals surface area contributed by atoms with E-state index in [1.54, 1.807) is 0 Å². The van der Waals surface area contributed by atoms with Crippen LogP contribution in [-0.2, 0) is 6.54 Å². The van der Waals surface area contributed by atoms with Gasteiger partial charge in [0, 0.05) is 23.7 Å². The summed E-state index contributed by atoms with van der Waals surface area (Å²) in [5, 5.41) is 17.3. The fourth-order valence-corrected chi connectivity index (χ4v) is 3.40. The number of hydrogen-bond acceptors (Lipinski definition) is 3. The van der Waals surface area contributed by atoms with Crippen molar-refractivity contribution in [3.8, 4) is 0 Å². The van der Waals surface area contributed by atoms with Gasteiger partial charge in [0.05, 0.1) is 18.3 Å². The van der Waals surface area contributed by atoms with E-state index in [0.29, 0.717) is 18.7 Å². The summed E-state index contributed by atoms with van der Waals surface area (Å²) in [5.74, 6) is 0.108. The molecule has 5 nitrogen and oxygen atoms in total. The Hall–Kier alpha value is -2.14. The van der Waals surface area contributed by atoms with E-state index in [9.17, 15) is 9.90 Å². The van der Waals surface area contributed by atoms with Crippen molar-refractivity contribution in [1.29, 1.82) is 0 Å². The minimum absolute atomic E-state index is 0.0793. The van der Waals surface area contributed by atoms with E-state index in [1.807, 2.05) is 48.9 Å². The topological polar surface area (TPSA) is 67.2 Å². The molecule has 1 aromatic carbocycles. The molecule has 1 heterocycles. The van der Waals surface area contributed by atoms with Gasteiger partial charge in [-0.15, -0.1) is 0 Å². The number of nitrogens with zero attached hydrogens (tertiary/aromatic N) is 2. The van der Waals surface area contributed by atoms with Crippen LogP contribution in [0.15, 0.2) is 30.3 Å². The molecule has 1 amide bonds. The molecule has 0 radical (unpaired) electrons. The lowest BCUT2D eigenvalue weighted by atomic mass is 10.1. The zero-order valence-corrected chi connectivity index (χ0v) is 14.3. The van der Waals surface area contributed by atoms with E-state index in [2.05, 4.69) is 10.4 Å². The van der Waals surface area contributed by atoms with Gasteiger partial charge in [-0.2, -0.15) is 5.10 Å². The molecule has 24 heavy (non-hydrogen) atoms. The molecular weight excluding hydrogens is 302 g/mol. The second-order valence-corrected chi connectivity index (χ2v) is 6.75. The Morgan fingerprint density at radius 2 is 2.17 bits per heavy atom. The predicted molar refractivity (Wildman–Crippen MR) is 92.9 cm³/mol. The lowest BCUT2D eigenvalue weighted by Gasteiger charge is -2.15. The van der Waals surface area contributed by atoms with Gasteiger partial charge in [-0.3, -0.25) is 9.48 Å². The van der Waals surface area contributed by atoms with Crippen molar-refractivity contribution < 1.29 is 9.90 Å². The Morgan fingerprint density at radius 1 is 1.33 bits per heavy atom. The summed E-state index contributed by atoms with van der Waals surface area (Å²) in [7, 11) is 0. The van der Waals surface area contributed by atoms with E-state index in [1.165, 1.54) is 0 Å². The molecular formula is C19H25N3O2. The molecule has 128 valence electrons. The van der Waals surface area contributed by atoms with Crippen LogP contribution < -0.4 is 5.32 Å². The molecule has 2 N–H and O–H groups in total. The van der Waals surface area contributed by atoms with Crippen LogP contribution in [0.25, 0.3) is 0 Å². The van der Waals surface area contributed by atoms with Crippen molar-refractivity contribution in [3.05, 3.63) is 52.8 Å². The lowest BCUT2D eigenvalue weighted by Crippen LogP contribution is -2.32. The molecule has 1 aromatic heterocycles. The number of aliphatic hydroxyl groups excluding tert-OH is 1. The van der Waals surface area contributed by atoms with Gasteiger partial charge in [-0.1, -0.05) is 18.6 Å². The highest BCUT2D eigenvalue weighted by atomic mass is 16.3. The van der Waals surface area contributed by atoms with Gasteiger partial charge in [-0.25, -0.2) is 0 Å². The molecule has 3 rings (SSSR count). The van der Waals surface area contributed by atoms with E-state index >= 15 is 0 Å². The zero-order chi connectivity index (χ0) is 17.1. The number of carbonyl (C=O) groups excluding carboxylic acids is 1. The summed E-state index contributed by atoms with van der Waals surface area (Å²) in [4.78, 5) is 12.4. The van der Waals surface area contributed by atoms with Crippen molar-refractivity contribution in [2.24, 2.45) is 5.92 Å². The molecule has 1 aliphatic rings. The Labute approximate surface area is 142 Å². The van der Waals surface area contributed by atoms with Crippen molar-refractivity contribution in [3.63, 3.8) is 0 Å². The molecule has 5 heteroatoms. The van der Waals surface area contributed by atoms with E-state index in [-0.39, 0.29) is 17.9 Å². The summed E-state index contributed by atoms with van der Waals surface area (Å²) >= 11 is 0. The third kappa shape index (κ3) is 3.85. The standard InChI is InChI=1S/C19H25N3O2/c1-13-9-14(2)22(21-13)12-15-5-3-6-16(10-15)19(24)20-11-17-7-4-8-18(17)23/h3,5-6,9-10,17-18,23H,4,7-8,11-12H2,1-2H3,(H,20,24). The minimum atomic E-state index is -0.275. The maximum absolute atomic E-state index is 12.4. The van der Waals surface area contributed by atoms with Gasteiger partial charge in [-0.05, 0) is 50.5 Å². The number of aliphatic hydroxyl groups is 1. The van der Waals surface area contributed by atoms with E-state index in [4.69, 9.17) is 0 Å². The number of nitrogens with one attached hydrogen (secondary N) is 1. The molecule has 2 aromatic rings. The van der Waals surface area contributed by atoms with E-state index < -0.39 is 0 Å². The highest BCUT2D eigenvalue weighted by molar-refractivity contribution is 5.94. The van der Waals surface area contributed by atoms with Crippen molar-refractivity contribution in [2.45, 2.75) is 45.8 Å². The van der Waals surface area contributed by atoms with Crippen LogP contribution in [0.5, 0.6) is 0 Å². The van der Waals surface area contributed by atoms with Gasteiger partial charge in [0.25, 0.3) is 5.91 Å². The number of amides is 1. The smallest absolute Gasteiger partial charge is 0.251 e. The predicted octanol–water partition coefficient (Wildman–Crippen LogP) is 2.44. The quantitative estimate of drug-likeness (QED) is 0.886. The number of hydrogen-bond donors (Lipinski definition) is 2. The fourth-order valence-electron chi connectivity index (χ4n) is 3.40. The first-order valence-corrected chi connectivity index (χ1v) is 8.59. The number of aromatic nitrogens is 2. The normalized spacial score (nSPS) is 20.3. The summed E-state index contributed by atoms with van der Waals surface area (Å²) in [5.41, 5.74) is 3.81. The summed E-state index contributed by atoms with van der Waals surface area (Å²) < 4.78 is 1.95. The number of benzene rings is 1. The molecule has 2 unspecified atom stereocenters. The molecule has 0 spiro atoms. The molecule has 1 aliphatic carbocycles. The zero-order valence-electron chi connectivity index (χ0n) is 14.3. The Morgan fingerprint density at radius 3 is 2.83 bits per heavy atom. The van der Waals surface area contributed by atoms with Crippen LogP contribution >= 0.6 is 0 Å². The van der Waals surface area contributed by atoms with Crippen LogP contribution in [0.2, 0.25) is 0 Å². The van der Waals surface area contributed by atoms with Crippen LogP contribution in [0, 0.1) is 19.8 Å². The summed E-state index contributed by atoms with van der Waals surface area (Å²) in [6.45, 7) is 5.21. The molecule has 0 aliphatic heterocycles. The second-order valence-electron chi connectivity index (χ2n) is 6.75. The first-order valence-electron chi connectivity index (χ1n) is 8.59. The maximum Gasteiger partial charge on any atom is 0.251 e. The fraction of sp³-hybridized carbons (Fsp3) is 0.474. The van der Waals surface area contributed by atoms with Crippen LogP contribution in [0.3, 0.4) is 0 Å². The summed E-state index contributed by atoms with van der Waals surface area (Å²) in [6.07, 6.45) is 2.60. The Kier molecular flexibility index (Phi) is 5.00. The van der Waals surface area contributed by atoms with Crippen molar-refractivity contribution >= 4 is 5.91 Å². The number of aryl methyl sites for hydroxylation is 2. The highest BCUT2D eigenvalue weighted by Gasteiger charge is 2.25. The maximum atomic E-state index is 12.4. The molecule has 0 saturated heterocycles. The highest BCUT2D eigenvalue weighted by Crippen LogP contribution is 2.24. The minimum Gasteiger partial charge on any atom is -0.393 e. The average Bonchev–Trinajstić information content (AvgIpc) is 3.10. The van der Waals surface area contributed by atoms with Crippen molar-refractivity contribution in [2.75, 3.05) is 6.54 Å². The monoisotopic (exact) mass is 327 g/mol. The Balaban J connectivity index is 1.63. The molecule has 1 fully saturated rings. The van der Waals surface area contributed by atoms with Crippen LogP contribution in [-0.4, -0.2) is 33.4 Å². The Bertz CT molecular complexity index is 723. The first-order chi connectivity index (χ1) is 11.5. The van der Waals surface area contributed by atoms with Crippen molar-refractivity contribution in [1.82, 2.24) is 15.1 Å². The van der Waals surface area contributed by atoms with Gasteiger partial charge in [0.15, 0.2) is 0 Å². The van der Waals surface area contributed by atoms with Gasteiger partial charge >= 0.3 is 0 Å². The summed E-state index contributed by atoms with van der Waals surface area (Å²) in [6, 6.07) is 9.69. The average molecular weight is 327 g/mol. The van der Waals surface area contributed by atoms with Gasteiger partial charge < -0.3 is 10.4 Å². The second kappa shape index (κ2) is 7.18. The first kappa shape index (κ1) is 16.7. The molecule has 1 saturated carbocycles. The number of carbonyl (C=O) groups is 1. The molecule has 2 atom stereocenters. The third-order valence-electron chi connectivity index (χ3n) is 4.77. The third-order valence-corrected chi connectivity index (χ3v) is 4.77. The largest absolute Gasteiger partial charge is 0.393 e. The molecule has 0 bridgehead atoms. The SMILES string of the molecule is Cc1cc(C)n(Cc2cccc(C(=O)NCC3CCCC3O)c2)n1. The van der Waals surface area contributed by atoms with Gasteiger partial charge in [0.1, 0.15) is 0 Å². The van der Waals surface area contributed by atoms with Gasteiger partial charge in [0.2, 0.25) is 0 Å². The van der Waals surface area contributed by atoms with E-state index in [0.717, 1.165) is 36.2 Å². The number of rotatable bonds is 5.